The van der Waals surface area contributed by atoms with E-state index < -0.39 is 0 Å². The van der Waals surface area contributed by atoms with Crippen molar-refractivity contribution in [2.75, 3.05) is 33.8 Å². The standard InChI is InChI=1S/C18H27N3O2/c1-14-4-5-15(13-19-14)17(22)21-9-7-18(8-10-21)12-16(20(2)3)6-11-23-18/h4-5,13,16H,6-12H2,1-3H3/t16-/m1/s1. The van der Waals surface area contributed by atoms with Gasteiger partial charge in [-0.25, -0.2) is 0 Å². The molecule has 0 aromatic carbocycles. The maximum atomic E-state index is 12.6. The summed E-state index contributed by atoms with van der Waals surface area (Å²) in [6, 6.07) is 4.35. The summed E-state index contributed by atoms with van der Waals surface area (Å²) in [5.74, 6) is 0.0901. The number of likely N-dealkylation sites (tertiary alicyclic amines) is 1. The van der Waals surface area contributed by atoms with Crippen LogP contribution in [0.2, 0.25) is 0 Å². The number of amides is 1. The van der Waals surface area contributed by atoms with Gasteiger partial charge in [-0.15, -0.1) is 0 Å². The third-order valence-electron chi connectivity index (χ3n) is 5.32. The third-order valence-corrected chi connectivity index (χ3v) is 5.32. The highest BCUT2D eigenvalue weighted by atomic mass is 16.5. The lowest BCUT2D eigenvalue weighted by Gasteiger charge is -2.47. The third kappa shape index (κ3) is 3.56. The van der Waals surface area contributed by atoms with Crippen molar-refractivity contribution in [1.82, 2.24) is 14.8 Å². The predicted molar refractivity (Wildman–Crippen MR) is 89.5 cm³/mol. The Morgan fingerprint density at radius 3 is 2.70 bits per heavy atom. The molecule has 1 atom stereocenters. The summed E-state index contributed by atoms with van der Waals surface area (Å²) in [6.07, 6.45) is 5.73. The number of aryl methyl sites for hydroxylation is 1. The summed E-state index contributed by atoms with van der Waals surface area (Å²) in [5, 5.41) is 0. The van der Waals surface area contributed by atoms with Crippen LogP contribution < -0.4 is 0 Å². The molecule has 3 heterocycles. The molecule has 1 amide bonds. The first-order chi connectivity index (χ1) is 11.0. The van der Waals surface area contributed by atoms with Crippen LogP contribution in [0, 0.1) is 6.92 Å². The van der Waals surface area contributed by atoms with Crippen molar-refractivity contribution in [3.05, 3.63) is 29.6 Å². The molecule has 126 valence electrons. The Labute approximate surface area is 138 Å². The zero-order chi connectivity index (χ0) is 16.4. The highest BCUT2D eigenvalue weighted by Gasteiger charge is 2.41. The Bertz CT molecular complexity index is 548. The molecule has 23 heavy (non-hydrogen) atoms. The summed E-state index contributed by atoms with van der Waals surface area (Å²) in [7, 11) is 4.29. The molecule has 2 aliphatic rings. The SMILES string of the molecule is Cc1ccc(C(=O)N2CCC3(CC2)C[C@H](N(C)C)CCO3)cn1. The Morgan fingerprint density at radius 1 is 1.35 bits per heavy atom. The lowest BCUT2D eigenvalue weighted by atomic mass is 9.82. The lowest BCUT2D eigenvalue weighted by molar-refractivity contribution is -0.125. The number of nitrogens with zero attached hydrogens (tertiary/aromatic N) is 3. The van der Waals surface area contributed by atoms with E-state index >= 15 is 0 Å². The highest BCUT2D eigenvalue weighted by molar-refractivity contribution is 5.94. The van der Waals surface area contributed by atoms with Crippen molar-refractivity contribution in [2.24, 2.45) is 0 Å². The fourth-order valence-electron chi connectivity index (χ4n) is 3.69. The Balaban J connectivity index is 1.61. The van der Waals surface area contributed by atoms with Gasteiger partial charge in [0, 0.05) is 37.6 Å². The number of pyridine rings is 1. The van der Waals surface area contributed by atoms with E-state index in [-0.39, 0.29) is 11.5 Å². The van der Waals surface area contributed by atoms with Crippen molar-refractivity contribution < 1.29 is 9.53 Å². The second-order valence-electron chi connectivity index (χ2n) is 7.12. The molecule has 0 aliphatic carbocycles. The van der Waals surface area contributed by atoms with Crippen LogP contribution in [0.3, 0.4) is 0 Å². The van der Waals surface area contributed by atoms with E-state index in [4.69, 9.17) is 4.74 Å². The average molecular weight is 317 g/mol. The zero-order valence-corrected chi connectivity index (χ0v) is 14.4. The lowest BCUT2D eigenvalue weighted by Crippen LogP contribution is -2.53. The van der Waals surface area contributed by atoms with Gasteiger partial charge in [0.15, 0.2) is 0 Å². The number of carbonyl (C=O) groups excluding carboxylic acids is 1. The largest absolute Gasteiger partial charge is 0.375 e. The molecule has 5 nitrogen and oxygen atoms in total. The van der Waals surface area contributed by atoms with Crippen molar-refractivity contribution in [3.8, 4) is 0 Å². The molecule has 1 spiro atoms. The van der Waals surface area contributed by atoms with Gasteiger partial charge in [-0.1, -0.05) is 0 Å². The summed E-state index contributed by atoms with van der Waals surface area (Å²) >= 11 is 0. The van der Waals surface area contributed by atoms with Gasteiger partial charge in [0.2, 0.25) is 0 Å². The van der Waals surface area contributed by atoms with Crippen molar-refractivity contribution in [3.63, 3.8) is 0 Å². The molecule has 0 bridgehead atoms. The minimum atomic E-state index is -0.0322. The van der Waals surface area contributed by atoms with Crippen molar-refractivity contribution in [2.45, 2.75) is 44.2 Å². The molecule has 0 radical (unpaired) electrons. The van der Waals surface area contributed by atoms with E-state index in [1.165, 1.54) is 0 Å². The van der Waals surface area contributed by atoms with E-state index in [0.717, 1.165) is 51.1 Å². The van der Waals surface area contributed by atoms with Crippen molar-refractivity contribution >= 4 is 5.91 Å². The van der Waals surface area contributed by atoms with E-state index in [2.05, 4.69) is 24.0 Å². The molecular formula is C18H27N3O2. The van der Waals surface area contributed by atoms with Crippen LogP contribution >= 0.6 is 0 Å². The molecule has 0 saturated carbocycles. The van der Waals surface area contributed by atoms with Gasteiger partial charge in [0.05, 0.1) is 11.2 Å². The van der Waals surface area contributed by atoms with Crippen LogP contribution in [0.1, 0.15) is 41.7 Å². The molecule has 0 N–H and O–H groups in total. The normalized spacial score (nSPS) is 24.2. The average Bonchev–Trinajstić information content (AvgIpc) is 2.56. The monoisotopic (exact) mass is 317 g/mol. The smallest absolute Gasteiger partial charge is 0.255 e. The molecule has 2 saturated heterocycles. The first kappa shape index (κ1) is 16.4. The van der Waals surface area contributed by atoms with Crippen LogP contribution in [-0.4, -0.2) is 66.1 Å². The molecule has 1 aromatic heterocycles. The fraction of sp³-hybridized carbons (Fsp3) is 0.667. The first-order valence-electron chi connectivity index (χ1n) is 8.51. The van der Waals surface area contributed by atoms with Gasteiger partial charge < -0.3 is 14.5 Å². The topological polar surface area (TPSA) is 45.7 Å². The van der Waals surface area contributed by atoms with E-state index in [1.807, 2.05) is 24.0 Å². The predicted octanol–water partition coefficient (Wildman–Crippen LogP) is 2.11. The van der Waals surface area contributed by atoms with Crippen molar-refractivity contribution in [1.29, 1.82) is 0 Å². The van der Waals surface area contributed by atoms with Gasteiger partial charge >= 0.3 is 0 Å². The maximum Gasteiger partial charge on any atom is 0.255 e. The molecule has 2 aliphatic heterocycles. The number of rotatable bonds is 2. The van der Waals surface area contributed by atoms with E-state index in [1.54, 1.807) is 6.20 Å². The van der Waals surface area contributed by atoms with Gasteiger partial charge in [0.1, 0.15) is 0 Å². The Hall–Kier alpha value is -1.46. The molecule has 0 unspecified atom stereocenters. The zero-order valence-electron chi connectivity index (χ0n) is 14.4. The highest BCUT2D eigenvalue weighted by Crippen LogP contribution is 2.36. The van der Waals surface area contributed by atoms with Crippen LogP contribution in [0.4, 0.5) is 0 Å². The number of ether oxygens (including phenoxy) is 1. The van der Waals surface area contributed by atoms with Gasteiger partial charge in [-0.3, -0.25) is 9.78 Å². The Morgan fingerprint density at radius 2 is 2.09 bits per heavy atom. The van der Waals surface area contributed by atoms with Crippen LogP contribution in [-0.2, 0) is 4.74 Å². The second-order valence-corrected chi connectivity index (χ2v) is 7.12. The number of aromatic nitrogens is 1. The number of hydrogen-bond donors (Lipinski definition) is 0. The summed E-state index contributed by atoms with van der Waals surface area (Å²) in [4.78, 5) is 21.1. The number of piperidine rings is 1. The van der Waals surface area contributed by atoms with Gasteiger partial charge in [0.25, 0.3) is 5.91 Å². The van der Waals surface area contributed by atoms with E-state index in [0.29, 0.717) is 11.6 Å². The van der Waals surface area contributed by atoms with Crippen LogP contribution in [0.5, 0.6) is 0 Å². The fourth-order valence-corrected chi connectivity index (χ4v) is 3.69. The number of carbonyl (C=O) groups is 1. The minimum Gasteiger partial charge on any atom is -0.375 e. The molecule has 2 fully saturated rings. The first-order valence-corrected chi connectivity index (χ1v) is 8.51. The van der Waals surface area contributed by atoms with Gasteiger partial charge in [-0.05, 0) is 58.8 Å². The molecule has 3 rings (SSSR count). The van der Waals surface area contributed by atoms with Gasteiger partial charge in [-0.2, -0.15) is 0 Å². The summed E-state index contributed by atoms with van der Waals surface area (Å²) < 4.78 is 6.16. The number of hydrogen-bond acceptors (Lipinski definition) is 4. The summed E-state index contributed by atoms with van der Waals surface area (Å²) in [5.41, 5.74) is 1.59. The van der Waals surface area contributed by atoms with Crippen LogP contribution in [0.25, 0.3) is 0 Å². The quantitative estimate of drug-likeness (QED) is 0.838. The van der Waals surface area contributed by atoms with E-state index in [9.17, 15) is 4.79 Å². The molecular weight excluding hydrogens is 290 g/mol. The molecule has 1 aromatic rings. The second kappa shape index (κ2) is 6.57. The maximum absolute atomic E-state index is 12.6. The van der Waals surface area contributed by atoms with Crippen LogP contribution in [0.15, 0.2) is 18.3 Å². The molecule has 5 heteroatoms. The summed E-state index contributed by atoms with van der Waals surface area (Å²) in [6.45, 7) is 4.30. The Kier molecular flexibility index (Phi) is 4.69. The minimum absolute atomic E-state index is 0.0322.